The molecule has 18 heavy (non-hydrogen) atoms. The highest BCUT2D eigenvalue weighted by Gasteiger charge is 2.32. The van der Waals surface area contributed by atoms with E-state index in [9.17, 15) is 8.42 Å². The Bertz CT molecular complexity index is 690. The van der Waals surface area contributed by atoms with Gasteiger partial charge < -0.3 is 5.73 Å². The predicted octanol–water partition coefficient (Wildman–Crippen LogP) is 0.759. The minimum atomic E-state index is -3.04. The van der Waals surface area contributed by atoms with E-state index in [0.717, 1.165) is 16.9 Å². The minimum absolute atomic E-state index is 0.0459. The van der Waals surface area contributed by atoms with Gasteiger partial charge in [0.05, 0.1) is 28.6 Å². The van der Waals surface area contributed by atoms with E-state index >= 15 is 0 Å². The molecule has 1 aromatic heterocycles. The van der Waals surface area contributed by atoms with Gasteiger partial charge in [-0.1, -0.05) is 18.2 Å². The van der Waals surface area contributed by atoms with Crippen molar-refractivity contribution in [1.82, 2.24) is 9.78 Å². The van der Waals surface area contributed by atoms with E-state index in [4.69, 9.17) is 5.73 Å². The lowest BCUT2D eigenvalue weighted by molar-refractivity contribution is 0.596. The normalized spacial score (nSPS) is 16.7. The number of sulfone groups is 1. The maximum absolute atomic E-state index is 11.7. The second-order valence-corrected chi connectivity index (χ2v) is 6.42. The molecule has 5 nitrogen and oxygen atoms in total. The molecule has 0 saturated carbocycles. The predicted molar refractivity (Wildman–Crippen MR) is 67.8 cm³/mol. The first kappa shape index (κ1) is 11.4. The number of fused-ring (bicyclic) bond motifs is 1. The molecule has 3 rings (SSSR count). The molecular formula is C12H13N3O2S. The smallest absolute Gasteiger partial charge is 0.160 e. The highest BCUT2D eigenvalue weighted by molar-refractivity contribution is 7.90. The Kier molecular flexibility index (Phi) is 2.49. The maximum atomic E-state index is 11.7. The topological polar surface area (TPSA) is 78.0 Å². The van der Waals surface area contributed by atoms with Crippen molar-refractivity contribution in [2.45, 2.75) is 18.1 Å². The van der Waals surface area contributed by atoms with Crippen LogP contribution in [-0.2, 0) is 27.9 Å². The van der Waals surface area contributed by atoms with E-state index in [-0.39, 0.29) is 18.1 Å². The summed E-state index contributed by atoms with van der Waals surface area (Å²) in [5.41, 5.74) is 8.70. The third-order valence-electron chi connectivity index (χ3n) is 3.09. The summed E-state index contributed by atoms with van der Waals surface area (Å²) >= 11 is 0. The van der Waals surface area contributed by atoms with Crippen molar-refractivity contribution in [1.29, 1.82) is 0 Å². The Balaban J connectivity index is 2.20. The van der Waals surface area contributed by atoms with Crippen molar-refractivity contribution < 1.29 is 8.42 Å². The largest absolute Gasteiger partial charge is 0.325 e. The average molecular weight is 263 g/mol. The second-order valence-electron chi connectivity index (χ2n) is 4.36. The van der Waals surface area contributed by atoms with Crippen LogP contribution < -0.4 is 5.73 Å². The summed E-state index contributed by atoms with van der Waals surface area (Å²) in [6.45, 7) is 0.262. The fourth-order valence-corrected chi connectivity index (χ4v) is 3.86. The van der Waals surface area contributed by atoms with Crippen LogP contribution >= 0.6 is 0 Å². The summed E-state index contributed by atoms with van der Waals surface area (Å²) in [6.07, 6.45) is 0. The highest BCUT2D eigenvalue weighted by Crippen LogP contribution is 2.29. The molecule has 6 heteroatoms. The number of benzene rings is 1. The summed E-state index contributed by atoms with van der Waals surface area (Å²) in [5, 5.41) is 4.41. The van der Waals surface area contributed by atoms with Gasteiger partial charge >= 0.3 is 0 Å². The van der Waals surface area contributed by atoms with Crippen LogP contribution in [0.1, 0.15) is 17.0 Å². The Morgan fingerprint density at radius 3 is 2.61 bits per heavy atom. The van der Waals surface area contributed by atoms with Gasteiger partial charge in [0.15, 0.2) is 9.84 Å². The van der Waals surface area contributed by atoms with Crippen LogP contribution in [0, 0.1) is 0 Å². The van der Waals surface area contributed by atoms with Crippen molar-refractivity contribution in [2.75, 3.05) is 0 Å². The number of para-hydroxylation sites is 1. The molecule has 0 fully saturated rings. The van der Waals surface area contributed by atoms with E-state index in [1.54, 1.807) is 4.68 Å². The van der Waals surface area contributed by atoms with Crippen LogP contribution in [0.3, 0.4) is 0 Å². The minimum Gasteiger partial charge on any atom is -0.325 e. The number of rotatable bonds is 2. The summed E-state index contributed by atoms with van der Waals surface area (Å²) < 4.78 is 25.1. The second kappa shape index (κ2) is 3.93. The van der Waals surface area contributed by atoms with Crippen LogP contribution in [0.2, 0.25) is 0 Å². The van der Waals surface area contributed by atoms with Crippen LogP contribution in [0.25, 0.3) is 5.69 Å². The summed E-state index contributed by atoms with van der Waals surface area (Å²) in [5.74, 6) is 0.103. The quantitative estimate of drug-likeness (QED) is 0.867. The van der Waals surface area contributed by atoms with E-state index in [2.05, 4.69) is 5.10 Å². The van der Waals surface area contributed by atoms with Gasteiger partial charge in [-0.2, -0.15) is 5.10 Å². The molecule has 2 heterocycles. The van der Waals surface area contributed by atoms with Gasteiger partial charge in [0.2, 0.25) is 0 Å². The first-order valence-corrected chi connectivity index (χ1v) is 7.48. The Morgan fingerprint density at radius 2 is 1.94 bits per heavy atom. The number of nitrogens with two attached hydrogens (primary N) is 1. The number of nitrogens with zero attached hydrogens (tertiary/aromatic N) is 2. The maximum Gasteiger partial charge on any atom is 0.160 e. The Labute approximate surface area is 105 Å². The van der Waals surface area contributed by atoms with Crippen molar-refractivity contribution in [3.8, 4) is 5.69 Å². The molecule has 94 valence electrons. The molecule has 0 radical (unpaired) electrons. The lowest BCUT2D eigenvalue weighted by Crippen LogP contribution is -2.07. The zero-order valence-electron chi connectivity index (χ0n) is 9.70. The molecule has 2 aromatic rings. The van der Waals surface area contributed by atoms with Crippen LogP contribution in [0.4, 0.5) is 0 Å². The van der Waals surface area contributed by atoms with Crippen molar-refractivity contribution in [3.63, 3.8) is 0 Å². The zero-order chi connectivity index (χ0) is 12.8. The molecule has 0 atom stereocenters. The fraction of sp³-hybridized carbons (Fsp3) is 0.250. The van der Waals surface area contributed by atoms with Gasteiger partial charge in [-0.3, -0.25) is 0 Å². The highest BCUT2D eigenvalue weighted by atomic mass is 32.2. The van der Waals surface area contributed by atoms with Gasteiger partial charge in [-0.25, -0.2) is 13.1 Å². The van der Waals surface area contributed by atoms with Crippen LogP contribution in [0.5, 0.6) is 0 Å². The van der Waals surface area contributed by atoms with Gasteiger partial charge in [0.1, 0.15) is 0 Å². The Hall–Kier alpha value is -1.66. The zero-order valence-corrected chi connectivity index (χ0v) is 10.5. The first-order chi connectivity index (χ1) is 8.61. The van der Waals surface area contributed by atoms with Gasteiger partial charge in [0, 0.05) is 12.1 Å². The van der Waals surface area contributed by atoms with Crippen LogP contribution in [0.15, 0.2) is 30.3 Å². The molecule has 0 saturated heterocycles. The fourth-order valence-electron chi connectivity index (χ4n) is 2.28. The molecule has 2 N–H and O–H groups in total. The first-order valence-electron chi connectivity index (χ1n) is 5.66. The summed E-state index contributed by atoms with van der Waals surface area (Å²) in [4.78, 5) is 0. The van der Waals surface area contributed by atoms with Gasteiger partial charge in [-0.05, 0) is 12.1 Å². The summed E-state index contributed by atoms with van der Waals surface area (Å²) in [7, 11) is -3.04. The lowest BCUT2D eigenvalue weighted by atomic mass is 10.2. The molecule has 0 amide bonds. The molecule has 0 aliphatic carbocycles. The number of hydrogen-bond donors (Lipinski definition) is 1. The summed E-state index contributed by atoms with van der Waals surface area (Å²) in [6, 6.07) is 9.51. The van der Waals surface area contributed by atoms with Crippen molar-refractivity contribution in [3.05, 3.63) is 47.3 Å². The van der Waals surface area contributed by atoms with Crippen molar-refractivity contribution >= 4 is 9.84 Å². The van der Waals surface area contributed by atoms with Gasteiger partial charge in [0.25, 0.3) is 0 Å². The molecule has 1 aromatic carbocycles. The average Bonchev–Trinajstić information content (AvgIpc) is 2.83. The SMILES string of the molecule is NCc1nn(-c2ccccc2)c2c1CS(=O)(=O)C2. The van der Waals surface area contributed by atoms with E-state index in [1.807, 2.05) is 30.3 Å². The molecule has 1 aliphatic rings. The van der Waals surface area contributed by atoms with Crippen molar-refractivity contribution in [2.24, 2.45) is 5.73 Å². The molecule has 0 bridgehead atoms. The standard InChI is InChI=1S/C12H13N3O2S/c13-6-11-10-7-18(16,17)8-12(10)15(14-11)9-4-2-1-3-5-9/h1-5H,6-8,13H2. The number of hydrogen-bond acceptors (Lipinski definition) is 4. The molecule has 0 unspecified atom stereocenters. The molecule has 0 spiro atoms. The van der Waals surface area contributed by atoms with E-state index in [0.29, 0.717) is 5.69 Å². The monoisotopic (exact) mass is 263 g/mol. The Morgan fingerprint density at radius 1 is 1.22 bits per heavy atom. The van der Waals surface area contributed by atoms with E-state index < -0.39 is 9.84 Å². The van der Waals surface area contributed by atoms with E-state index in [1.165, 1.54) is 0 Å². The van der Waals surface area contributed by atoms with Gasteiger partial charge in [-0.15, -0.1) is 0 Å². The van der Waals surface area contributed by atoms with Crippen LogP contribution in [-0.4, -0.2) is 18.2 Å². The lowest BCUT2D eigenvalue weighted by Gasteiger charge is -2.04. The molecular weight excluding hydrogens is 250 g/mol. The molecule has 1 aliphatic heterocycles. The number of aromatic nitrogens is 2. The third kappa shape index (κ3) is 1.74. The third-order valence-corrected chi connectivity index (χ3v) is 4.53.